The van der Waals surface area contributed by atoms with Gasteiger partial charge in [0.1, 0.15) is 0 Å². The van der Waals surface area contributed by atoms with Gasteiger partial charge >= 0.3 is 0 Å². The minimum absolute atomic E-state index is 0.150. The molecule has 4 aliphatic carbocycles. The molecule has 2 unspecified atom stereocenters. The van der Waals surface area contributed by atoms with Crippen molar-refractivity contribution in [3.8, 4) is 0 Å². The van der Waals surface area contributed by atoms with Gasteiger partial charge in [0, 0.05) is 10.0 Å². The number of hydrogen-bond donors (Lipinski definition) is 1. The fourth-order valence-corrected chi connectivity index (χ4v) is 5.74. The molecule has 0 saturated heterocycles. The summed E-state index contributed by atoms with van der Waals surface area (Å²) in [6.45, 7) is 0. The van der Waals surface area contributed by atoms with Gasteiger partial charge in [0.05, 0.1) is 0 Å². The quantitative estimate of drug-likeness (QED) is 0.834. The molecule has 0 heterocycles. The average molecular weight is 306 g/mol. The van der Waals surface area contributed by atoms with Crippen LogP contribution in [0, 0.1) is 11.8 Å². The van der Waals surface area contributed by atoms with Gasteiger partial charge < -0.3 is 5.73 Å². The zero-order chi connectivity index (χ0) is 12.4. The normalized spacial score (nSPS) is 45.4. The van der Waals surface area contributed by atoms with E-state index in [1.165, 1.54) is 48.6 Å². The fraction of sp³-hybridized carbons (Fsp3) is 0.625. The maximum Gasteiger partial charge on any atom is 0.0175 e. The van der Waals surface area contributed by atoms with Gasteiger partial charge in [-0.05, 0) is 73.5 Å². The van der Waals surface area contributed by atoms with Crippen LogP contribution >= 0.6 is 15.9 Å². The largest absolute Gasteiger partial charge is 0.325 e. The SMILES string of the molecule is NC12CC3CC(C1)CC(c1ccc(Br)cc1)(C3)C2. The Hall–Kier alpha value is -0.340. The van der Waals surface area contributed by atoms with Crippen molar-refractivity contribution in [1.82, 2.24) is 0 Å². The van der Waals surface area contributed by atoms with Crippen molar-refractivity contribution in [3.63, 3.8) is 0 Å². The Kier molecular flexibility index (Phi) is 2.30. The topological polar surface area (TPSA) is 26.0 Å². The van der Waals surface area contributed by atoms with Gasteiger partial charge in [-0.3, -0.25) is 0 Å². The Bertz CT molecular complexity index is 464. The Morgan fingerprint density at radius 2 is 1.61 bits per heavy atom. The number of hydrogen-bond acceptors (Lipinski definition) is 1. The highest BCUT2D eigenvalue weighted by Gasteiger charge is 2.56. The average Bonchev–Trinajstić information content (AvgIpc) is 2.26. The van der Waals surface area contributed by atoms with Gasteiger partial charge in [-0.15, -0.1) is 0 Å². The Morgan fingerprint density at radius 1 is 1.00 bits per heavy atom. The molecule has 5 rings (SSSR count). The number of benzene rings is 1. The molecule has 2 heteroatoms. The van der Waals surface area contributed by atoms with Crippen LogP contribution < -0.4 is 5.73 Å². The van der Waals surface area contributed by atoms with Crippen molar-refractivity contribution in [1.29, 1.82) is 0 Å². The second kappa shape index (κ2) is 3.61. The monoisotopic (exact) mass is 305 g/mol. The molecule has 4 bridgehead atoms. The summed E-state index contributed by atoms with van der Waals surface area (Å²) in [7, 11) is 0. The van der Waals surface area contributed by atoms with E-state index in [-0.39, 0.29) is 5.54 Å². The van der Waals surface area contributed by atoms with Crippen molar-refractivity contribution in [2.24, 2.45) is 17.6 Å². The van der Waals surface area contributed by atoms with E-state index < -0.39 is 0 Å². The van der Waals surface area contributed by atoms with E-state index in [1.54, 1.807) is 0 Å². The smallest absolute Gasteiger partial charge is 0.0175 e. The van der Waals surface area contributed by atoms with Gasteiger partial charge in [0.25, 0.3) is 0 Å². The first-order valence-electron chi connectivity index (χ1n) is 7.12. The van der Waals surface area contributed by atoms with Gasteiger partial charge in [0.15, 0.2) is 0 Å². The highest BCUT2D eigenvalue weighted by Crippen LogP contribution is 2.61. The maximum atomic E-state index is 6.66. The molecule has 0 aromatic heterocycles. The minimum atomic E-state index is 0.150. The molecule has 1 nitrogen and oxygen atoms in total. The molecule has 1 aromatic carbocycles. The van der Waals surface area contributed by atoms with Gasteiger partial charge in [-0.1, -0.05) is 28.1 Å². The molecule has 0 radical (unpaired) electrons. The van der Waals surface area contributed by atoms with Crippen LogP contribution in [0.15, 0.2) is 28.7 Å². The lowest BCUT2D eigenvalue weighted by molar-refractivity contribution is -0.0227. The van der Waals surface area contributed by atoms with Crippen LogP contribution in [0.3, 0.4) is 0 Å². The number of rotatable bonds is 1. The maximum absolute atomic E-state index is 6.66. The highest BCUT2D eigenvalue weighted by molar-refractivity contribution is 9.10. The van der Waals surface area contributed by atoms with Crippen LogP contribution in [0.1, 0.15) is 44.1 Å². The number of nitrogens with two attached hydrogens (primary N) is 1. The second-order valence-corrected chi connectivity index (χ2v) is 8.03. The molecule has 2 atom stereocenters. The lowest BCUT2D eigenvalue weighted by atomic mass is 9.45. The third-order valence-corrected chi connectivity index (χ3v) is 6.09. The lowest BCUT2D eigenvalue weighted by Gasteiger charge is -2.61. The van der Waals surface area contributed by atoms with Crippen molar-refractivity contribution >= 4 is 15.9 Å². The summed E-state index contributed by atoms with van der Waals surface area (Å²) in [5.41, 5.74) is 8.75. The van der Waals surface area contributed by atoms with Gasteiger partial charge in [0.2, 0.25) is 0 Å². The van der Waals surface area contributed by atoms with Crippen molar-refractivity contribution in [2.45, 2.75) is 49.5 Å². The van der Waals surface area contributed by atoms with Crippen LogP contribution in [0.5, 0.6) is 0 Å². The first kappa shape index (κ1) is 11.5. The van der Waals surface area contributed by atoms with Crippen LogP contribution in [-0.2, 0) is 5.41 Å². The third kappa shape index (κ3) is 1.61. The zero-order valence-corrected chi connectivity index (χ0v) is 12.2. The first-order chi connectivity index (χ1) is 8.57. The predicted molar refractivity (Wildman–Crippen MR) is 77.4 cm³/mol. The van der Waals surface area contributed by atoms with E-state index in [0.717, 1.165) is 11.8 Å². The fourth-order valence-electron chi connectivity index (χ4n) is 5.47. The summed E-state index contributed by atoms with van der Waals surface area (Å²) in [5, 5.41) is 0. The molecular formula is C16H20BrN. The first-order valence-corrected chi connectivity index (χ1v) is 7.91. The van der Waals surface area contributed by atoms with E-state index in [9.17, 15) is 0 Å². The van der Waals surface area contributed by atoms with E-state index in [2.05, 4.69) is 40.2 Å². The van der Waals surface area contributed by atoms with Crippen molar-refractivity contribution < 1.29 is 0 Å². The molecule has 18 heavy (non-hydrogen) atoms. The second-order valence-electron chi connectivity index (χ2n) is 7.11. The van der Waals surface area contributed by atoms with Gasteiger partial charge in [-0.2, -0.15) is 0 Å². The molecule has 0 aliphatic heterocycles. The molecule has 0 amide bonds. The standard InChI is InChI=1S/C16H20BrN/c17-14-3-1-13(2-4-14)15-6-11-5-12(7-15)9-16(18,8-11)10-15/h1-4,11-12H,5-10,18H2. The Labute approximate surface area is 117 Å². The summed E-state index contributed by atoms with van der Waals surface area (Å²) in [6.07, 6.45) is 7.98. The molecular weight excluding hydrogens is 286 g/mol. The molecule has 4 fully saturated rings. The van der Waals surface area contributed by atoms with E-state index >= 15 is 0 Å². The summed E-state index contributed by atoms with van der Waals surface area (Å²) < 4.78 is 1.18. The van der Waals surface area contributed by atoms with Crippen LogP contribution in [0.2, 0.25) is 0 Å². The lowest BCUT2D eigenvalue weighted by Crippen LogP contribution is -2.61. The van der Waals surface area contributed by atoms with Crippen LogP contribution in [0.4, 0.5) is 0 Å². The van der Waals surface area contributed by atoms with Crippen molar-refractivity contribution in [3.05, 3.63) is 34.3 Å². The summed E-state index contributed by atoms with van der Waals surface area (Å²) in [4.78, 5) is 0. The molecule has 4 saturated carbocycles. The molecule has 0 spiro atoms. The summed E-state index contributed by atoms with van der Waals surface area (Å²) >= 11 is 3.54. The molecule has 1 aromatic rings. The summed E-state index contributed by atoms with van der Waals surface area (Å²) in [5.74, 6) is 1.78. The highest BCUT2D eigenvalue weighted by atomic mass is 79.9. The molecule has 2 N–H and O–H groups in total. The summed E-state index contributed by atoms with van der Waals surface area (Å²) in [6, 6.07) is 9.02. The van der Waals surface area contributed by atoms with Crippen LogP contribution in [0.25, 0.3) is 0 Å². The number of halogens is 1. The van der Waals surface area contributed by atoms with Gasteiger partial charge in [-0.25, -0.2) is 0 Å². The Morgan fingerprint density at radius 3 is 2.17 bits per heavy atom. The zero-order valence-electron chi connectivity index (χ0n) is 10.7. The minimum Gasteiger partial charge on any atom is -0.325 e. The third-order valence-electron chi connectivity index (χ3n) is 5.56. The van der Waals surface area contributed by atoms with E-state index in [1.807, 2.05) is 0 Å². The predicted octanol–water partition coefficient (Wildman–Crippen LogP) is 4.00. The van der Waals surface area contributed by atoms with E-state index in [0.29, 0.717) is 5.41 Å². The van der Waals surface area contributed by atoms with E-state index in [4.69, 9.17) is 5.73 Å². The molecule has 4 aliphatic rings. The van der Waals surface area contributed by atoms with Crippen LogP contribution in [-0.4, -0.2) is 5.54 Å². The molecule has 96 valence electrons. The Balaban J connectivity index is 1.77. The van der Waals surface area contributed by atoms with Crippen molar-refractivity contribution in [2.75, 3.05) is 0 Å².